The normalized spacial score (nSPS) is 18.3. The average molecular weight is 319 g/mol. The number of aromatic nitrogens is 2. The van der Waals surface area contributed by atoms with Crippen molar-refractivity contribution in [1.29, 1.82) is 0 Å². The molecule has 1 saturated heterocycles. The van der Waals surface area contributed by atoms with Gasteiger partial charge in [-0.1, -0.05) is 23.7 Å². The van der Waals surface area contributed by atoms with Crippen LogP contribution in [-0.4, -0.2) is 35.6 Å². The molecular formula is C16H19ClN4O. The van der Waals surface area contributed by atoms with Gasteiger partial charge in [0.2, 0.25) is 0 Å². The van der Waals surface area contributed by atoms with Crippen LogP contribution in [0.25, 0.3) is 0 Å². The lowest BCUT2D eigenvalue weighted by Gasteiger charge is -2.34. The molecule has 0 bridgehead atoms. The summed E-state index contributed by atoms with van der Waals surface area (Å²) in [5.41, 5.74) is 0.997. The molecule has 116 valence electrons. The molecule has 0 aliphatic carbocycles. The first-order chi connectivity index (χ1) is 10.7. The second-order valence-corrected chi connectivity index (χ2v) is 5.80. The number of benzene rings is 1. The minimum Gasteiger partial charge on any atom is -0.459 e. The Labute approximate surface area is 135 Å². The highest BCUT2D eigenvalue weighted by Crippen LogP contribution is 2.18. The summed E-state index contributed by atoms with van der Waals surface area (Å²) in [6.45, 7) is 5.45. The molecule has 22 heavy (non-hydrogen) atoms. The van der Waals surface area contributed by atoms with E-state index >= 15 is 0 Å². The van der Waals surface area contributed by atoms with Gasteiger partial charge in [-0.05, 0) is 30.7 Å². The highest BCUT2D eigenvalue weighted by molar-refractivity contribution is 6.30. The quantitative estimate of drug-likeness (QED) is 0.938. The number of piperazine rings is 1. The van der Waals surface area contributed by atoms with Gasteiger partial charge < -0.3 is 15.0 Å². The molecule has 1 aliphatic heterocycles. The van der Waals surface area contributed by atoms with E-state index in [-0.39, 0.29) is 0 Å². The van der Waals surface area contributed by atoms with E-state index in [1.54, 1.807) is 6.20 Å². The third-order valence-electron chi connectivity index (χ3n) is 3.67. The van der Waals surface area contributed by atoms with Gasteiger partial charge in [0.25, 0.3) is 0 Å². The zero-order chi connectivity index (χ0) is 15.4. The van der Waals surface area contributed by atoms with Gasteiger partial charge in [-0.3, -0.25) is 0 Å². The molecule has 3 rings (SSSR count). The van der Waals surface area contributed by atoms with Crippen molar-refractivity contribution in [2.24, 2.45) is 0 Å². The third kappa shape index (κ3) is 3.67. The molecule has 1 atom stereocenters. The van der Waals surface area contributed by atoms with Crippen molar-refractivity contribution < 1.29 is 4.74 Å². The van der Waals surface area contributed by atoms with Crippen LogP contribution in [0.5, 0.6) is 6.01 Å². The zero-order valence-corrected chi connectivity index (χ0v) is 13.3. The predicted octanol–water partition coefficient (Wildman–Crippen LogP) is 2.51. The summed E-state index contributed by atoms with van der Waals surface area (Å²) in [5.74, 6) is 0.907. The van der Waals surface area contributed by atoms with E-state index in [4.69, 9.17) is 16.3 Å². The summed E-state index contributed by atoms with van der Waals surface area (Å²) < 4.78 is 5.69. The molecule has 1 aromatic heterocycles. The van der Waals surface area contributed by atoms with Gasteiger partial charge in [0, 0.05) is 36.9 Å². The number of hydrogen-bond donors (Lipinski definition) is 1. The smallest absolute Gasteiger partial charge is 0.318 e. The van der Waals surface area contributed by atoms with Gasteiger partial charge in [0.15, 0.2) is 0 Å². The van der Waals surface area contributed by atoms with Crippen molar-refractivity contribution in [3.05, 3.63) is 47.1 Å². The topological polar surface area (TPSA) is 50.3 Å². The molecule has 1 N–H and O–H groups in total. The van der Waals surface area contributed by atoms with Crippen molar-refractivity contribution in [2.75, 3.05) is 24.5 Å². The Morgan fingerprint density at radius 2 is 2.32 bits per heavy atom. The van der Waals surface area contributed by atoms with E-state index < -0.39 is 0 Å². The molecule has 2 heterocycles. The fourth-order valence-electron chi connectivity index (χ4n) is 2.52. The Morgan fingerprint density at radius 3 is 3.14 bits per heavy atom. The molecule has 1 aliphatic rings. The van der Waals surface area contributed by atoms with E-state index in [0.29, 0.717) is 23.7 Å². The van der Waals surface area contributed by atoms with Gasteiger partial charge in [-0.2, -0.15) is 4.98 Å². The number of ether oxygens (including phenoxy) is 1. The largest absolute Gasteiger partial charge is 0.459 e. The first-order valence-electron chi connectivity index (χ1n) is 7.40. The fraction of sp³-hybridized carbons (Fsp3) is 0.375. The maximum absolute atomic E-state index is 5.97. The first kappa shape index (κ1) is 15.1. The summed E-state index contributed by atoms with van der Waals surface area (Å²) in [5, 5.41) is 4.07. The standard InChI is InChI=1S/C16H19ClN4O/c1-12-10-18-7-8-21(12)15-5-6-19-16(20-15)22-11-13-3-2-4-14(17)9-13/h2-6,9,12,18H,7-8,10-11H2,1H3/t12-/m1/s1. The van der Waals surface area contributed by atoms with E-state index in [2.05, 4.69) is 27.1 Å². The zero-order valence-electron chi connectivity index (χ0n) is 12.5. The highest BCUT2D eigenvalue weighted by Gasteiger charge is 2.19. The van der Waals surface area contributed by atoms with E-state index in [0.717, 1.165) is 31.0 Å². The van der Waals surface area contributed by atoms with Crippen molar-refractivity contribution >= 4 is 17.4 Å². The monoisotopic (exact) mass is 318 g/mol. The Hall–Kier alpha value is -1.85. The third-order valence-corrected chi connectivity index (χ3v) is 3.91. The maximum Gasteiger partial charge on any atom is 0.318 e. The minimum atomic E-state index is 0.392. The number of rotatable bonds is 4. The molecule has 0 radical (unpaired) electrons. The Bertz CT molecular complexity index is 637. The lowest BCUT2D eigenvalue weighted by Crippen LogP contribution is -2.50. The molecule has 0 unspecified atom stereocenters. The van der Waals surface area contributed by atoms with Crippen LogP contribution in [0.1, 0.15) is 12.5 Å². The predicted molar refractivity (Wildman–Crippen MR) is 87.5 cm³/mol. The van der Waals surface area contributed by atoms with Crippen molar-refractivity contribution in [3.8, 4) is 6.01 Å². The van der Waals surface area contributed by atoms with Crippen molar-refractivity contribution in [3.63, 3.8) is 0 Å². The Kier molecular flexibility index (Phi) is 4.75. The number of hydrogen-bond acceptors (Lipinski definition) is 5. The van der Waals surface area contributed by atoms with Gasteiger partial charge in [-0.15, -0.1) is 0 Å². The SMILES string of the molecule is C[C@@H]1CNCCN1c1ccnc(OCc2cccc(Cl)c2)n1. The average Bonchev–Trinajstić information content (AvgIpc) is 2.54. The van der Waals surface area contributed by atoms with Gasteiger partial charge in [-0.25, -0.2) is 4.98 Å². The second-order valence-electron chi connectivity index (χ2n) is 5.36. The van der Waals surface area contributed by atoms with E-state index in [1.807, 2.05) is 30.3 Å². The van der Waals surface area contributed by atoms with Gasteiger partial charge >= 0.3 is 6.01 Å². The van der Waals surface area contributed by atoms with Crippen molar-refractivity contribution in [2.45, 2.75) is 19.6 Å². The molecule has 1 fully saturated rings. The van der Waals surface area contributed by atoms with Crippen LogP contribution in [0.3, 0.4) is 0 Å². The van der Waals surface area contributed by atoms with Crippen LogP contribution in [0.2, 0.25) is 5.02 Å². The fourth-order valence-corrected chi connectivity index (χ4v) is 2.73. The Morgan fingerprint density at radius 1 is 1.41 bits per heavy atom. The summed E-state index contributed by atoms with van der Waals surface area (Å²) in [7, 11) is 0. The summed E-state index contributed by atoms with van der Waals surface area (Å²) in [6, 6.07) is 10.3. The van der Waals surface area contributed by atoms with Crippen LogP contribution >= 0.6 is 11.6 Å². The Balaban J connectivity index is 1.68. The molecule has 2 aromatic rings. The molecule has 0 spiro atoms. The van der Waals surface area contributed by atoms with E-state index in [9.17, 15) is 0 Å². The summed E-state index contributed by atoms with van der Waals surface area (Å²) in [6.07, 6.45) is 1.74. The maximum atomic E-state index is 5.97. The van der Waals surface area contributed by atoms with Crippen LogP contribution in [0.4, 0.5) is 5.82 Å². The summed E-state index contributed by atoms with van der Waals surface area (Å²) >= 11 is 5.97. The van der Waals surface area contributed by atoms with Crippen molar-refractivity contribution in [1.82, 2.24) is 15.3 Å². The van der Waals surface area contributed by atoms with Crippen LogP contribution in [0.15, 0.2) is 36.5 Å². The van der Waals surface area contributed by atoms with E-state index in [1.165, 1.54) is 0 Å². The number of nitrogens with one attached hydrogen (secondary N) is 1. The second kappa shape index (κ2) is 6.94. The van der Waals surface area contributed by atoms with Gasteiger partial charge in [0.05, 0.1) is 0 Å². The lowest BCUT2D eigenvalue weighted by molar-refractivity contribution is 0.280. The number of anilines is 1. The number of nitrogens with zero attached hydrogens (tertiary/aromatic N) is 3. The first-order valence-corrected chi connectivity index (χ1v) is 7.78. The molecule has 5 nitrogen and oxygen atoms in total. The number of halogens is 1. The highest BCUT2D eigenvalue weighted by atomic mass is 35.5. The molecule has 1 aromatic carbocycles. The molecule has 0 amide bonds. The summed E-state index contributed by atoms with van der Waals surface area (Å²) in [4.78, 5) is 11.0. The van der Waals surface area contributed by atoms with Crippen LogP contribution < -0.4 is 15.0 Å². The van der Waals surface area contributed by atoms with Crippen LogP contribution in [0, 0.1) is 0 Å². The molecular weight excluding hydrogens is 300 g/mol. The molecule has 6 heteroatoms. The van der Waals surface area contributed by atoms with Gasteiger partial charge in [0.1, 0.15) is 12.4 Å². The minimum absolute atomic E-state index is 0.392. The van der Waals surface area contributed by atoms with Crippen LogP contribution in [-0.2, 0) is 6.61 Å². The lowest BCUT2D eigenvalue weighted by atomic mass is 10.2. The molecule has 0 saturated carbocycles.